The van der Waals surface area contributed by atoms with Crippen molar-refractivity contribution in [3.05, 3.63) is 59.4 Å². The summed E-state index contributed by atoms with van der Waals surface area (Å²) in [4.78, 5) is 10.8. The summed E-state index contributed by atoms with van der Waals surface area (Å²) in [7, 11) is 0. The Morgan fingerprint density at radius 3 is 2.58 bits per heavy atom. The van der Waals surface area contributed by atoms with Crippen molar-refractivity contribution in [3.63, 3.8) is 0 Å². The smallest absolute Gasteiger partial charge is 0.307 e. The summed E-state index contributed by atoms with van der Waals surface area (Å²) in [6.45, 7) is 1.22. The third kappa shape index (κ3) is 4.15. The molecule has 0 radical (unpaired) electrons. The molecule has 0 saturated heterocycles. The van der Waals surface area contributed by atoms with Crippen molar-refractivity contribution < 1.29 is 9.90 Å². The zero-order valence-corrected chi connectivity index (χ0v) is 10.4. The standard InChI is InChI=1S/C14H15N3O2/c18-14(19)8-11-4-1-2-5-12(11)9-15-10-13-6-3-7-16-17-13/h1-7,15H,8-10H2,(H,18,19). The summed E-state index contributed by atoms with van der Waals surface area (Å²) in [6, 6.07) is 11.3. The fourth-order valence-electron chi connectivity index (χ4n) is 1.82. The van der Waals surface area contributed by atoms with Crippen LogP contribution in [0.1, 0.15) is 16.8 Å². The molecular weight excluding hydrogens is 242 g/mol. The van der Waals surface area contributed by atoms with Crippen LogP contribution in [-0.2, 0) is 24.3 Å². The predicted molar refractivity (Wildman–Crippen MR) is 70.4 cm³/mol. The number of carboxylic acids is 1. The van der Waals surface area contributed by atoms with Crippen molar-refractivity contribution in [1.29, 1.82) is 0 Å². The molecule has 2 N–H and O–H groups in total. The Labute approximate surface area is 111 Å². The van der Waals surface area contributed by atoms with Gasteiger partial charge in [-0.25, -0.2) is 0 Å². The first kappa shape index (κ1) is 13.2. The molecule has 1 aromatic carbocycles. The first-order valence-corrected chi connectivity index (χ1v) is 6.01. The van der Waals surface area contributed by atoms with E-state index in [2.05, 4.69) is 15.5 Å². The van der Waals surface area contributed by atoms with Crippen LogP contribution < -0.4 is 5.32 Å². The molecule has 0 saturated carbocycles. The van der Waals surface area contributed by atoms with Gasteiger partial charge in [-0.2, -0.15) is 10.2 Å². The van der Waals surface area contributed by atoms with Crippen LogP contribution in [0, 0.1) is 0 Å². The van der Waals surface area contributed by atoms with Crippen LogP contribution in [0.15, 0.2) is 42.6 Å². The molecule has 19 heavy (non-hydrogen) atoms. The van der Waals surface area contributed by atoms with Gasteiger partial charge >= 0.3 is 5.97 Å². The van der Waals surface area contributed by atoms with Gasteiger partial charge in [0.2, 0.25) is 0 Å². The molecule has 0 unspecified atom stereocenters. The van der Waals surface area contributed by atoms with Crippen LogP contribution in [0.2, 0.25) is 0 Å². The van der Waals surface area contributed by atoms with Gasteiger partial charge in [0.15, 0.2) is 0 Å². The van der Waals surface area contributed by atoms with Crippen LogP contribution >= 0.6 is 0 Å². The van der Waals surface area contributed by atoms with Crippen molar-refractivity contribution in [1.82, 2.24) is 15.5 Å². The molecule has 2 aromatic rings. The maximum absolute atomic E-state index is 10.8. The second-order valence-electron chi connectivity index (χ2n) is 4.16. The van der Waals surface area contributed by atoms with Crippen LogP contribution in [0.4, 0.5) is 0 Å². The highest BCUT2D eigenvalue weighted by Gasteiger charge is 2.05. The lowest BCUT2D eigenvalue weighted by atomic mass is 10.0. The number of aromatic nitrogens is 2. The van der Waals surface area contributed by atoms with E-state index >= 15 is 0 Å². The van der Waals surface area contributed by atoms with Crippen LogP contribution in [0.5, 0.6) is 0 Å². The number of hydrogen-bond acceptors (Lipinski definition) is 4. The lowest BCUT2D eigenvalue weighted by molar-refractivity contribution is -0.136. The summed E-state index contributed by atoms with van der Waals surface area (Å²) in [6.07, 6.45) is 1.68. The molecule has 0 aliphatic rings. The number of nitrogens with zero attached hydrogens (tertiary/aromatic N) is 2. The van der Waals surface area contributed by atoms with Crippen LogP contribution in [0.25, 0.3) is 0 Å². The number of aliphatic carboxylic acids is 1. The molecule has 0 bridgehead atoms. The number of hydrogen-bond donors (Lipinski definition) is 2. The van der Waals surface area contributed by atoms with Gasteiger partial charge in [-0.3, -0.25) is 4.79 Å². The summed E-state index contributed by atoms with van der Waals surface area (Å²) >= 11 is 0. The first-order chi connectivity index (χ1) is 9.25. The summed E-state index contributed by atoms with van der Waals surface area (Å²) in [5.41, 5.74) is 2.69. The first-order valence-electron chi connectivity index (χ1n) is 6.01. The molecule has 0 atom stereocenters. The van der Waals surface area contributed by atoms with E-state index < -0.39 is 5.97 Å². The van der Waals surface area contributed by atoms with E-state index in [1.807, 2.05) is 36.4 Å². The normalized spacial score (nSPS) is 10.3. The minimum Gasteiger partial charge on any atom is -0.481 e. The maximum atomic E-state index is 10.8. The molecule has 0 spiro atoms. The molecular formula is C14H15N3O2. The zero-order valence-electron chi connectivity index (χ0n) is 10.4. The Bertz CT molecular complexity index is 543. The Balaban J connectivity index is 1.94. The minimum atomic E-state index is -0.818. The molecule has 1 heterocycles. The number of nitrogens with one attached hydrogen (secondary N) is 1. The van der Waals surface area contributed by atoms with Crippen molar-refractivity contribution in [2.75, 3.05) is 0 Å². The van der Waals surface area contributed by atoms with Crippen molar-refractivity contribution >= 4 is 5.97 Å². The highest BCUT2D eigenvalue weighted by molar-refractivity contribution is 5.70. The van der Waals surface area contributed by atoms with Crippen LogP contribution in [0.3, 0.4) is 0 Å². The molecule has 0 aliphatic heterocycles. The topological polar surface area (TPSA) is 75.1 Å². The molecule has 5 nitrogen and oxygen atoms in total. The maximum Gasteiger partial charge on any atom is 0.307 e. The molecule has 1 aromatic heterocycles. The summed E-state index contributed by atoms with van der Waals surface area (Å²) in [5, 5.41) is 19.9. The molecule has 2 rings (SSSR count). The number of carboxylic acid groups (broad SMARTS) is 1. The fraction of sp³-hybridized carbons (Fsp3) is 0.214. The average Bonchev–Trinajstić information content (AvgIpc) is 2.41. The largest absolute Gasteiger partial charge is 0.481 e. The predicted octanol–water partition coefficient (Wildman–Crippen LogP) is 1.39. The number of rotatable bonds is 6. The quantitative estimate of drug-likeness (QED) is 0.818. The molecule has 98 valence electrons. The van der Waals surface area contributed by atoms with Gasteiger partial charge in [0, 0.05) is 19.3 Å². The zero-order chi connectivity index (χ0) is 13.5. The van der Waals surface area contributed by atoms with Gasteiger partial charge in [0.05, 0.1) is 12.1 Å². The molecule has 0 fully saturated rings. The molecule has 0 aliphatic carbocycles. The van der Waals surface area contributed by atoms with E-state index in [1.54, 1.807) is 6.20 Å². The third-order valence-corrected chi connectivity index (χ3v) is 2.71. The molecule has 5 heteroatoms. The van der Waals surface area contributed by atoms with Crippen molar-refractivity contribution in [3.8, 4) is 0 Å². The van der Waals surface area contributed by atoms with Gasteiger partial charge < -0.3 is 10.4 Å². The van der Waals surface area contributed by atoms with E-state index in [1.165, 1.54) is 0 Å². The second kappa shape index (κ2) is 6.61. The Hall–Kier alpha value is -2.27. The van der Waals surface area contributed by atoms with Gasteiger partial charge in [0.1, 0.15) is 0 Å². The minimum absolute atomic E-state index is 0.0446. The van der Waals surface area contributed by atoms with Gasteiger partial charge in [-0.05, 0) is 23.3 Å². The average molecular weight is 257 g/mol. The lowest BCUT2D eigenvalue weighted by Crippen LogP contribution is -2.16. The Kier molecular flexibility index (Phi) is 4.58. The molecule has 0 amide bonds. The third-order valence-electron chi connectivity index (χ3n) is 2.71. The van der Waals surface area contributed by atoms with Crippen LogP contribution in [-0.4, -0.2) is 21.3 Å². The van der Waals surface area contributed by atoms with Gasteiger partial charge in [0.25, 0.3) is 0 Å². The highest BCUT2D eigenvalue weighted by atomic mass is 16.4. The monoisotopic (exact) mass is 257 g/mol. The number of carbonyl (C=O) groups is 1. The van der Waals surface area contributed by atoms with E-state index in [0.717, 1.165) is 16.8 Å². The van der Waals surface area contributed by atoms with Gasteiger partial charge in [-0.15, -0.1) is 0 Å². The Morgan fingerprint density at radius 1 is 1.11 bits per heavy atom. The Morgan fingerprint density at radius 2 is 1.89 bits per heavy atom. The summed E-state index contributed by atoms with van der Waals surface area (Å²) in [5.74, 6) is -0.818. The van der Waals surface area contributed by atoms with Crippen molar-refractivity contribution in [2.24, 2.45) is 0 Å². The highest BCUT2D eigenvalue weighted by Crippen LogP contribution is 2.09. The fourth-order valence-corrected chi connectivity index (χ4v) is 1.82. The summed E-state index contributed by atoms with van der Waals surface area (Å²) < 4.78 is 0. The van der Waals surface area contributed by atoms with E-state index in [9.17, 15) is 4.79 Å². The van der Waals surface area contributed by atoms with E-state index in [0.29, 0.717) is 13.1 Å². The van der Waals surface area contributed by atoms with E-state index in [-0.39, 0.29) is 6.42 Å². The lowest BCUT2D eigenvalue weighted by Gasteiger charge is -2.08. The van der Waals surface area contributed by atoms with Crippen molar-refractivity contribution in [2.45, 2.75) is 19.5 Å². The van der Waals surface area contributed by atoms with E-state index in [4.69, 9.17) is 5.11 Å². The second-order valence-corrected chi connectivity index (χ2v) is 4.16. The SMILES string of the molecule is O=C(O)Cc1ccccc1CNCc1cccnn1. The number of benzene rings is 1. The van der Waals surface area contributed by atoms with Gasteiger partial charge in [-0.1, -0.05) is 24.3 Å².